The molecular weight excluding hydrogens is 459 g/mol. The average molecular weight is 479 g/mol. The quantitative estimate of drug-likeness (QED) is 0.371. The first-order valence-electron chi connectivity index (χ1n) is 10.0. The summed E-state index contributed by atoms with van der Waals surface area (Å²) >= 11 is 6.52. The van der Waals surface area contributed by atoms with Crippen LogP contribution in [0.5, 0.6) is 5.75 Å². The molecule has 1 N–H and O–H groups in total. The Kier molecular flexibility index (Phi) is 6.86. The Labute approximate surface area is 200 Å². The normalized spacial score (nSPS) is 14.6. The molecule has 5 nitrogen and oxygen atoms in total. The lowest BCUT2D eigenvalue weighted by Gasteiger charge is -2.14. The Balaban J connectivity index is 1.43. The number of amides is 2. The second-order valence-electron chi connectivity index (χ2n) is 7.22. The van der Waals surface area contributed by atoms with Gasteiger partial charge in [0.25, 0.3) is 11.8 Å². The van der Waals surface area contributed by atoms with E-state index in [0.29, 0.717) is 20.7 Å². The maximum atomic E-state index is 13.2. The number of carbonyl (C=O) groups is 2. The van der Waals surface area contributed by atoms with Crippen LogP contribution in [0.1, 0.15) is 11.1 Å². The molecule has 3 aromatic rings. The Morgan fingerprint density at radius 2 is 1.88 bits per heavy atom. The summed E-state index contributed by atoms with van der Waals surface area (Å²) in [5.74, 6) is -0.433. The van der Waals surface area contributed by atoms with Crippen LogP contribution in [0.15, 0.2) is 77.7 Å². The molecule has 1 heterocycles. The zero-order chi connectivity index (χ0) is 23.4. The highest BCUT2D eigenvalue weighted by Crippen LogP contribution is 2.36. The molecule has 1 aliphatic rings. The number of ether oxygens (including phenoxy) is 1. The van der Waals surface area contributed by atoms with Crippen molar-refractivity contribution in [2.24, 2.45) is 0 Å². The first kappa shape index (κ1) is 22.7. The summed E-state index contributed by atoms with van der Waals surface area (Å²) in [6, 6.07) is 20.2. The zero-order valence-corrected chi connectivity index (χ0v) is 19.2. The third-order valence-electron chi connectivity index (χ3n) is 4.82. The van der Waals surface area contributed by atoms with Crippen LogP contribution in [0.4, 0.5) is 15.8 Å². The number of thiocarbonyl (C=S) groups is 1. The smallest absolute Gasteiger partial charge is 0.270 e. The topological polar surface area (TPSA) is 58.6 Å². The van der Waals surface area contributed by atoms with Gasteiger partial charge in [-0.1, -0.05) is 54.3 Å². The number of aryl methyl sites for hydroxylation is 1. The van der Waals surface area contributed by atoms with E-state index in [1.807, 2.05) is 37.3 Å². The number of carbonyl (C=O) groups excluding carboxylic acids is 2. The Bertz CT molecular complexity index is 1260. The maximum absolute atomic E-state index is 13.2. The second kappa shape index (κ2) is 9.97. The van der Waals surface area contributed by atoms with Gasteiger partial charge in [0, 0.05) is 5.69 Å². The Hall–Kier alpha value is -3.49. The van der Waals surface area contributed by atoms with E-state index >= 15 is 0 Å². The van der Waals surface area contributed by atoms with E-state index < -0.39 is 0 Å². The highest BCUT2D eigenvalue weighted by Gasteiger charge is 2.33. The van der Waals surface area contributed by atoms with Crippen molar-refractivity contribution in [2.75, 3.05) is 16.8 Å². The largest absolute Gasteiger partial charge is 0.484 e. The minimum absolute atomic E-state index is 0.148. The van der Waals surface area contributed by atoms with Crippen molar-refractivity contribution >= 4 is 57.6 Å². The van der Waals surface area contributed by atoms with E-state index in [2.05, 4.69) is 5.32 Å². The van der Waals surface area contributed by atoms with Crippen LogP contribution in [0.3, 0.4) is 0 Å². The molecule has 0 unspecified atom stereocenters. The van der Waals surface area contributed by atoms with Gasteiger partial charge >= 0.3 is 0 Å². The van der Waals surface area contributed by atoms with Crippen LogP contribution in [-0.2, 0) is 9.59 Å². The van der Waals surface area contributed by atoms with Gasteiger partial charge in [-0.25, -0.2) is 4.39 Å². The highest BCUT2D eigenvalue weighted by molar-refractivity contribution is 8.27. The summed E-state index contributed by atoms with van der Waals surface area (Å²) in [6.45, 7) is 1.77. The molecule has 0 radical (unpaired) electrons. The van der Waals surface area contributed by atoms with Crippen molar-refractivity contribution < 1.29 is 18.7 Å². The first-order valence-corrected chi connectivity index (χ1v) is 11.2. The lowest BCUT2D eigenvalue weighted by atomic mass is 10.2. The van der Waals surface area contributed by atoms with Crippen LogP contribution < -0.4 is 15.0 Å². The molecule has 0 atom stereocenters. The van der Waals surface area contributed by atoms with Gasteiger partial charge in [-0.15, -0.1) is 0 Å². The summed E-state index contributed by atoms with van der Waals surface area (Å²) < 4.78 is 19.2. The van der Waals surface area contributed by atoms with Crippen molar-refractivity contribution in [3.63, 3.8) is 0 Å². The zero-order valence-electron chi connectivity index (χ0n) is 17.6. The molecule has 33 heavy (non-hydrogen) atoms. The Morgan fingerprint density at radius 3 is 2.64 bits per heavy atom. The lowest BCUT2D eigenvalue weighted by molar-refractivity contribution is -0.118. The molecule has 2 amide bonds. The van der Waals surface area contributed by atoms with Gasteiger partial charge in [-0.2, -0.15) is 0 Å². The van der Waals surface area contributed by atoms with Crippen molar-refractivity contribution in [1.82, 2.24) is 0 Å². The number of hydrogen-bond donors (Lipinski definition) is 1. The van der Waals surface area contributed by atoms with Crippen molar-refractivity contribution in [3.05, 3.63) is 94.6 Å². The number of anilines is 2. The lowest BCUT2D eigenvalue weighted by Crippen LogP contribution is -2.27. The molecular formula is C25H19FN2O3S2. The fourth-order valence-corrected chi connectivity index (χ4v) is 4.47. The molecule has 1 saturated heterocycles. The Morgan fingerprint density at radius 1 is 1.12 bits per heavy atom. The van der Waals surface area contributed by atoms with E-state index in [9.17, 15) is 14.0 Å². The van der Waals surface area contributed by atoms with E-state index in [0.717, 1.165) is 16.8 Å². The van der Waals surface area contributed by atoms with E-state index in [1.54, 1.807) is 24.3 Å². The van der Waals surface area contributed by atoms with Gasteiger partial charge in [0.2, 0.25) is 0 Å². The summed E-state index contributed by atoms with van der Waals surface area (Å²) in [6.07, 6.45) is 1.71. The maximum Gasteiger partial charge on any atom is 0.270 e. The van der Waals surface area contributed by atoms with Gasteiger partial charge < -0.3 is 10.1 Å². The standard InChI is InChI=1S/C25H19FN2O3S2/c1-16-5-2-3-8-21(16)27-23(29)15-31-20-7-4-6-17(13-20)14-22-24(30)28(25(32)33-22)19-11-9-18(26)10-12-19/h2-14H,15H2,1H3,(H,27,29)/b22-14-. The predicted molar refractivity (Wildman–Crippen MR) is 134 cm³/mol. The molecule has 4 rings (SSSR count). The van der Waals surface area contributed by atoms with Gasteiger partial charge in [-0.05, 0) is 66.6 Å². The molecule has 0 saturated carbocycles. The molecule has 1 aliphatic heterocycles. The minimum atomic E-state index is -0.385. The van der Waals surface area contributed by atoms with Crippen LogP contribution in [0.2, 0.25) is 0 Å². The molecule has 0 bridgehead atoms. The van der Waals surface area contributed by atoms with Crippen molar-refractivity contribution in [3.8, 4) is 5.75 Å². The van der Waals surface area contributed by atoms with Crippen LogP contribution in [0, 0.1) is 12.7 Å². The number of nitrogens with one attached hydrogen (secondary N) is 1. The fraction of sp³-hybridized carbons (Fsp3) is 0.0800. The number of nitrogens with zero attached hydrogens (tertiary/aromatic N) is 1. The second-order valence-corrected chi connectivity index (χ2v) is 8.89. The minimum Gasteiger partial charge on any atom is -0.484 e. The van der Waals surface area contributed by atoms with E-state index in [1.165, 1.54) is 40.9 Å². The molecule has 1 fully saturated rings. The number of halogens is 1. The van der Waals surface area contributed by atoms with Crippen molar-refractivity contribution in [2.45, 2.75) is 6.92 Å². The number of benzene rings is 3. The highest BCUT2D eigenvalue weighted by atomic mass is 32.2. The van der Waals surface area contributed by atoms with Crippen LogP contribution in [0.25, 0.3) is 6.08 Å². The van der Waals surface area contributed by atoms with Gasteiger partial charge in [-0.3, -0.25) is 14.5 Å². The van der Waals surface area contributed by atoms with Crippen molar-refractivity contribution in [1.29, 1.82) is 0 Å². The SMILES string of the molecule is Cc1ccccc1NC(=O)COc1cccc(/C=C2\SC(=S)N(c3ccc(F)cc3)C2=O)c1. The summed E-state index contributed by atoms with van der Waals surface area (Å²) in [4.78, 5) is 26.9. The summed E-state index contributed by atoms with van der Waals surface area (Å²) in [5, 5.41) is 2.82. The molecule has 8 heteroatoms. The number of thioether (sulfide) groups is 1. The van der Waals surface area contributed by atoms with E-state index in [-0.39, 0.29) is 24.2 Å². The number of para-hydroxylation sites is 1. The summed E-state index contributed by atoms with van der Waals surface area (Å²) in [7, 11) is 0. The summed E-state index contributed by atoms with van der Waals surface area (Å²) in [5.41, 5.74) is 2.94. The van der Waals surface area contributed by atoms with Gasteiger partial charge in [0.05, 0.1) is 10.6 Å². The molecule has 166 valence electrons. The third kappa shape index (κ3) is 5.47. The van der Waals surface area contributed by atoms with Crippen LogP contribution in [-0.4, -0.2) is 22.7 Å². The van der Waals surface area contributed by atoms with Crippen LogP contribution >= 0.6 is 24.0 Å². The van der Waals surface area contributed by atoms with Gasteiger partial charge in [0.1, 0.15) is 11.6 Å². The molecule has 0 aliphatic carbocycles. The molecule has 0 spiro atoms. The molecule has 0 aromatic heterocycles. The first-order chi connectivity index (χ1) is 15.9. The third-order valence-corrected chi connectivity index (χ3v) is 6.13. The number of hydrogen-bond acceptors (Lipinski definition) is 5. The molecule has 3 aromatic carbocycles. The van der Waals surface area contributed by atoms with E-state index in [4.69, 9.17) is 17.0 Å². The number of rotatable bonds is 6. The predicted octanol–water partition coefficient (Wildman–Crippen LogP) is 5.56. The average Bonchev–Trinajstić information content (AvgIpc) is 3.07. The van der Waals surface area contributed by atoms with Gasteiger partial charge in [0.15, 0.2) is 10.9 Å². The monoisotopic (exact) mass is 478 g/mol. The fourth-order valence-electron chi connectivity index (χ4n) is 3.17.